The van der Waals surface area contributed by atoms with E-state index in [1.54, 1.807) is 18.2 Å². The van der Waals surface area contributed by atoms with Crippen LogP contribution in [0.5, 0.6) is 0 Å². The molecular formula is C14H14O3S. The highest BCUT2D eigenvalue weighted by molar-refractivity contribution is 7.84. The van der Waals surface area contributed by atoms with Gasteiger partial charge in [-0.2, -0.15) is 0 Å². The second-order valence-electron chi connectivity index (χ2n) is 3.41. The molecule has 94 valence electrons. The Hall–Kier alpha value is -1.94. The fraction of sp³-hybridized carbons (Fsp3) is 0.0714. The van der Waals surface area contributed by atoms with Crippen LogP contribution in [-0.2, 0) is 10.8 Å². The van der Waals surface area contributed by atoms with Crippen LogP contribution in [0.15, 0.2) is 65.6 Å². The molecule has 0 aliphatic heterocycles. The molecule has 1 N–H and O–H groups in total. The minimum absolute atomic E-state index is 0.110. The van der Waals surface area contributed by atoms with Crippen molar-refractivity contribution in [2.75, 3.05) is 6.26 Å². The van der Waals surface area contributed by atoms with Crippen molar-refractivity contribution in [2.45, 2.75) is 4.90 Å². The maximum Gasteiger partial charge on any atom is 0.336 e. The Balaban J connectivity index is 0.000000225. The summed E-state index contributed by atoms with van der Waals surface area (Å²) >= 11 is 0. The van der Waals surface area contributed by atoms with E-state index in [1.165, 1.54) is 12.3 Å². The monoisotopic (exact) mass is 262 g/mol. The first-order chi connectivity index (χ1) is 8.63. The van der Waals surface area contributed by atoms with Crippen LogP contribution in [0.4, 0.5) is 0 Å². The summed E-state index contributed by atoms with van der Waals surface area (Å²) < 4.78 is 11.0. The number of hydrogen-bond acceptors (Lipinski definition) is 2. The van der Waals surface area contributed by atoms with Gasteiger partial charge in [0.1, 0.15) is 0 Å². The summed E-state index contributed by atoms with van der Waals surface area (Å²) in [7, 11) is -1.24. The van der Waals surface area contributed by atoms with Gasteiger partial charge in [0, 0.05) is 6.26 Å². The highest BCUT2D eigenvalue weighted by Gasteiger charge is 2.10. The van der Waals surface area contributed by atoms with Crippen molar-refractivity contribution >= 4 is 16.8 Å². The first kappa shape index (κ1) is 14.1. The molecule has 2 aromatic rings. The van der Waals surface area contributed by atoms with Gasteiger partial charge in [0.2, 0.25) is 0 Å². The number of carboxylic acid groups (broad SMARTS) is 1. The van der Waals surface area contributed by atoms with E-state index in [0.29, 0.717) is 4.90 Å². The van der Waals surface area contributed by atoms with Crippen LogP contribution in [0.3, 0.4) is 0 Å². The molecule has 4 heteroatoms. The summed E-state index contributed by atoms with van der Waals surface area (Å²) in [6, 6.07) is 18.3. The summed E-state index contributed by atoms with van der Waals surface area (Å²) in [6.45, 7) is 0. The maximum atomic E-state index is 11.0. The van der Waals surface area contributed by atoms with E-state index < -0.39 is 16.8 Å². The third-order valence-electron chi connectivity index (χ3n) is 2.09. The van der Waals surface area contributed by atoms with Crippen molar-refractivity contribution in [3.63, 3.8) is 0 Å². The van der Waals surface area contributed by atoms with Crippen LogP contribution in [-0.4, -0.2) is 21.5 Å². The zero-order chi connectivity index (χ0) is 13.4. The lowest BCUT2D eigenvalue weighted by Gasteiger charge is -2.00. The molecule has 1 unspecified atom stereocenters. The fourth-order valence-corrected chi connectivity index (χ4v) is 2.01. The third kappa shape index (κ3) is 4.51. The summed E-state index contributed by atoms with van der Waals surface area (Å²) in [5.41, 5.74) is 0.110. The summed E-state index contributed by atoms with van der Waals surface area (Å²) in [6.07, 6.45) is 1.46. The third-order valence-corrected chi connectivity index (χ3v) is 3.07. The molecule has 0 saturated heterocycles. The molecule has 0 fully saturated rings. The van der Waals surface area contributed by atoms with Gasteiger partial charge in [-0.1, -0.05) is 48.5 Å². The zero-order valence-corrected chi connectivity index (χ0v) is 10.8. The SMILES string of the molecule is CS(=O)c1ccccc1C(=O)O.c1ccccc1. The number of hydrogen-bond donors (Lipinski definition) is 1. The first-order valence-corrected chi connectivity index (χ1v) is 6.84. The van der Waals surface area contributed by atoms with E-state index in [1.807, 2.05) is 36.4 Å². The molecule has 0 saturated carbocycles. The van der Waals surface area contributed by atoms with Crippen LogP contribution in [0.25, 0.3) is 0 Å². The van der Waals surface area contributed by atoms with Crippen LogP contribution in [0.2, 0.25) is 0 Å². The van der Waals surface area contributed by atoms with E-state index in [9.17, 15) is 9.00 Å². The van der Waals surface area contributed by atoms with Crippen LogP contribution < -0.4 is 0 Å². The molecule has 2 aromatic carbocycles. The van der Waals surface area contributed by atoms with Gasteiger partial charge < -0.3 is 5.11 Å². The minimum Gasteiger partial charge on any atom is -0.478 e. The quantitative estimate of drug-likeness (QED) is 0.905. The van der Waals surface area contributed by atoms with Gasteiger partial charge >= 0.3 is 5.97 Å². The van der Waals surface area contributed by atoms with Crippen molar-refractivity contribution in [3.8, 4) is 0 Å². The fourth-order valence-electron chi connectivity index (χ4n) is 1.28. The van der Waals surface area contributed by atoms with Crippen molar-refractivity contribution < 1.29 is 14.1 Å². The molecule has 0 amide bonds. The van der Waals surface area contributed by atoms with Gasteiger partial charge in [-0.25, -0.2) is 4.79 Å². The van der Waals surface area contributed by atoms with E-state index in [-0.39, 0.29) is 5.56 Å². The van der Waals surface area contributed by atoms with E-state index in [2.05, 4.69) is 0 Å². The molecule has 0 aromatic heterocycles. The van der Waals surface area contributed by atoms with Crippen LogP contribution >= 0.6 is 0 Å². The largest absolute Gasteiger partial charge is 0.478 e. The number of aromatic carboxylic acids is 1. The molecule has 0 bridgehead atoms. The highest BCUT2D eigenvalue weighted by Crippen LogP contribution is 2.11. The Bertz CT molecular complexity index is 464. The highest BCUT2D eigenvalue weighted by atomic mass is 32.2. The molecule has 1 atom stereocenters. The molecule has 0 radical (unpaired) electrons. The van der Waals surface area contributed by atoms with Gasteiger partial charge in [0.15, 0.2) is 0 Å². The van der Waals surface area contributed by atoms with Crippen molar-refractivity contribution in [1.82, 2.24) is 0 Å². The van der Waals surface area contributed by atoms with E-state index in [0.717, 1.165) is 0 Å². The number of rotatable bonds is 2. The van der Waals surface area contributed by atoms with Crippen LogP contribution in [0, 0.1) is 0 Å². The first-order valence-electron chi connectivity index (χ1n) is 5.28. The van der Waals surface area contributed by atoms with Crippen LogP contribution in [0.1, 0.15) is 10.4 Å². The number of benzene rings is 2. The molecule has 0 aliphatic carbocycles. The topological polar surface area (TPSA) is 54.4 Å². The molecule has 0 aliphatic rings. The maximum absolute atomic E-state index is 11.0. The lowest BCUT2D eigenvalue weighted by atomic mass is 10.2. The Morgan fingerprint density at radius 3 is 1.72 bits per heavy atom. The second kappa shape index (κ2) is 7.40. The summed E-state index contributed by atoms with van der Waals surface area (Å²) in [4.78, 5) is 11.0. The van der Waals surface area contributed by atoms with Gasteiger partial charge in [-0.15, -0.1) is 0 Å². The lowest BCUT2D eigenvalue weighted by molar-refractivity contribution is 0.0693. The Morgan fingerprint density at radius 2 is 1.39 bits per heavy atom. The lowest BCUT2D eigenvalue weighted by Crippen LogP contribution is -2.02. The van der Waals surface area contributed by atoms with Crippen molar-refractivity contribution in [3.05, 3.63) is 66.2 Å². The van der Waals surface area contributed by atoms with Gasteiger partial charge in [0.05, 0.1) is 21.3 Å². The number of carbonyl (C=O) groups is 1. The normalized spacial score (nSPS) is 10.9. The smallest absolute Gasteiger partial charge is 0.336 e. The molecular weight excluding hydrogens is 248 g/mol. The molecule has 2 rings (SSSR count). The Kier molecular flexibility index (Phi) is 5.80. The van der Waals surface area contributed by atoms with Gasteiger partial charge in [-0.3, -0.25) is 4.21 Å². The minimum atomic E-state index is -1.24. The molecule has 0 spiro atoms. The predicted molar refractivity (Wildman–Crippen MR) is 72.2 cm³/mol. The summed E-state index contributed by atoms with van der Waals surface area (Å²) in [5, 5.41) is 8.68. The van der Waals surface area contributed by atoms with Crippen molar-refractivity contribution in [2.24, 2.45) is 0 Å². The van der Waals surface area contributed by atoms with E-state index >= 15 is 0 Å². The average molecular weight is 262 g/mol. The molecule has 18 heavy (non-hydrogen) atoms. The van der Waals surface area contributed by atoms with E-state index in [4.69, 9.17) is 5.11 Å². The average Bonchev–Trinajstić information content (AvgIpc) is 2.41. The second-order valence-corrected chi connectivity index (χ2v) is 4.76. The molecule has 0 heterocycles. The summed E-state index contributed by atoms with van der Waals surface area (Å²) in [5.74, 6) is -1.04. The molecule has 3 nitrogen and oxygen atoms in total. The Labute approximate surface area is 109 Å². The predicted octanol–water partition coefficient (Wildman–Crippen LogP) is 2.81. The van der Waals surface area contributed by atoms with Crippen molar-refractivity contribution in [1.29, 1.82) is 0 Å². The standard InChI is InChI=1S/C8H8O3S.C6H6/c1-12(11)7-5-3-2-4-6(7)8(9)10;1-2-4-6-5-3-1/h2-5H,1H3,(H,9,10);1-6H. The number of carboxylic acids is 1. The van der Waals surface area contributed by atoms with Gasteiger partial charge in [0.25, 0.3) is 0 Å². The Morgan fingerprint density at radius 1 is 0.944 bits per heavy atom. The van der Waals surface area contributed by atoms with Gasteiger partial charge in [-0.05, 0) is 12.1 Å². The zero-order valence-electron chi connectivity index (χ0n) is 9.95.